The van der Waals surface area contributed by atoms with Gasteiger partial charge < -0.3 is 10.1 Å². The van der Waals surface area contributed by atoms with Gasteiger partial charge in [-0.05, 0) is 37.5 Å². The standard InChI is InChI=1S/C16H21N3O/c1-5-17-15-12(4)16(19-10-18-15)20-14-8-6-7-13(9-14)11(2)3/h6-11H,5H2,1-4H3,(H,17,18,19). The number of anilines is 1. The Labute approximate surface area is 120 Å². The van der Waals surface area contributed by atoms with Crippen LogP contribution in [0, 0.1) is 6.92 Å². The molecule has 0 radical (unpaired) electrons. The van der Waals surface area contributed by atoms with Gasteiger partial charge >= 0.3 is 0 Å². The first-order valence-corrected chi connectivity index (χ1v) is 6.95. The fraction of sp³-hybridized carbons (Fsp3) is 0.375. The molecule has 0 aliphatic heterocycles. The minimum atomic E-state index is 0.474. The maximum absolute atomic E-state index is 5.90. The molecule has 1 heterocycles. The zero-order valence-electron chi connectivity index (χ0n) is 12.5. The number of hydrogen-bond donors (Lipinski definition) is 1. The molecule has 1 N–H and O–H groups in total. The molecule has 2 aromatic rings. The Morgan fingerprint density at radius 1 is 1.25 bits per heavy atom. The molecule has 0 atom stereocenters. The summed E-state index contributed by atoms with van der Waals surface area (Å²) in [6.45, 7) is 9.14. The van der Waals surface area contributed by atoms with Gasteiger partial charge in [-0.1, -0.05) is 26.0 Å². The highest BCUT2D eigenvalue weighted by atomic mass is 16.5. The van der Waals surface area contributed by atoms with Crippen molar-refractivity contribution in [1.82, 2.24) is 9.97 Å². The average molecular weight is 271 g/mol. The van der Waals surface area contributed by atoms with Crippen LogP contribution in [0.4, 0.5) is 5.82 Å². The topological polar surface area (TPSA) is 47.0 Å². The molecule has 2 rings (SSSR count). The molecule has 0 aliphatic carbocycles. The van der Waals surface area contributed by atoms with Crippen molar-refractivity contribution in [3.8, 4) is 11.6 Å². The molecule has 0 fully saturated rings. The van der Waals surface area contributed by atoms with Crippen LogP contribution in [-0.4, -0.2) is 16.5 Å². The van der Waals surface area contributed by atoms with E-state index in [4.69, 9.17) is 4.74 Å². The highest BCUT2D eigenvalue weighted by Crippen LogP contribution is 2.28. The van der Waals surface area contributed by atoms with E-state index in [1.807, 2.05) is 26.0 Å². The number of aromatic nitrogens is 2. The minimum Gasteiger partial charge on any atom is -0.439 e. The Bertz CT molecular complexity index is 582. The third-order valence-corrected chi connectivity index (χ3v) is 3.12. The first-order valence-electron chi connectivity index (χ1n) is 6.95. The summed E-state index contributed by atoms with van der Waals surface area (Å²) in [5, 5.41) is 3.20. The van der Waals surface area contributed by atoms with E-state index in [1.54, 1.807) is 0 Å². The lowest BCUT2D eigenvalue weighted by molar-refractivity contribution is 0.457. The fourth-order valence-corrected chi connectivity index (χ4v) is 1.93. The van der Waals surface area contributed by atoms with Crippen LogP contribution in [0.5, 0.6) is 11.6 Å². The summed E-state index contributed by atoms with van der Waals surface area (Å²) in [7, 11) is 0. The molecule has 106 valence electrons. The molecule has 1 aromatic heterocycles. The molecule has 4 heteroatoms. The second kappa shape index (κ2) is 6.37. The van der Waals surface area contributed by atoms with E-state index in [0.29, 0.717) is 11.8 Å². The molecule has 0 amide bonds. The van der Waals surface area contributed by atoms with Crippen LogP contribution in [0.2, 0.25) is 0 Å². The maximum atomic E-state index is 5.90. The van der Waals surface area contributed by atoms with Crippen molar-refractivity contribution in [3.63, 3.8) is 0 Å². The minimum absolute atomic E-state index is 0.474. The summed E-state index contributed by atoms with van der Waals surface area (Å²) in [6.07, 6.45) is 1.52. The van der Waals surface area contributed by atoms with E-state index < -0.39 is 0 Å². The largest absolute Gasteiger partial charge is 0.439 e. The molecule has 0 spiro atoms. The first kappa shape index (κ1) is 14.3. The number of benzene rings is 1. The van der Waals surface area contributed by atoms with Crippen LogP contribution < -0.4 is 10.1 Å². The first-order chi connectivity index (χ1) is 9.61. The number of hydrogen-bond acceptors (Lipinski definition) is 4. The number of ether oxygens (including phenoxy) is 1. The Kier molecular flexibility index (Phi) is 4.56. The van der Waals surface area contributed by atoms with E-state index in [0.717, 1.165) is 23.7 Å². The predicted molar refractivity (Wildman–Crippen MR) is 81.5 cm³/mol. The lowest BCUT2D eigenvalue weighted by Crippen LogP contribution is -2.03. The Hall–Kier alpha value is -2.10. The molecule has 20 heavy (non-hydrogen) atoms. The zero-order chi connectivity index (χ0) is 14.5. The van der Waals surface area contributed by atoms with Crippen LogP contribution in [-0.2, 0) is 0 Å². The van der Waals surface area contributed by atoms with Crippen molar-refractivity contribution < 1.29 is 4.74 Å². The van der Waals surface area contributed by atoms with Crippen molar-refractivity contribution in [2.24, 2.45) is 0 Å². The number of rotatable bonds is 5. The average Bonchev–Trinajstić information content (AvgIpc) is 2.44. The molecule has 0 unspecified atom stereocenters. The van der Waals surface area contributed by atoms with Crippen LogP contribution in [0.3, 0.4) is 0 Å². The fourth-order valence-electron chi connectivity index (χ4n) is 1.93. The van der Waals surface area contributed by atoms with Crippen LogP contribution >= 0.6 is 0 Å². The molecule has 1 aromatic carbocycles. The Balaban J connectivity index is 2.26. The van der Waals surface area contributed by atoms with E-state index >= 15 is 0 Å². The number of nitrogens with zero attached hydrogens (tertiary/aromatic N) is 2. The maximum Gasteiger partial charge on any atom is 0.227 e. The molecular formula is C16H21N3O. The highest BCUT2D eigenvalue weighted by molar-refractivity contribution is 5.48. The third-order valence-electron chi connectivity index (χ3n) is 3.12. The monoisotopic (exact) mass is 271 g/mol. The van der Waals surface area contributed by atoms with Gasteiger partial charge in [-0.3, -0.25) is 0 Å². The van der Waals surface area contributed by atoms with Crippen LogP contribution in [0.25, 0.3) is 0 Å². The van der Waals surface area contributed by atoms with E-state index in [2.05, 4.69) is 41.3 Å². The third kappa shape index (κ3) is 3.26. The van der Waals surface area contributed by atoms with Gasteiger partial charge in [-0.2, -0.15) is 0 Å². The van der Waals surface area contributed by atoms with Gasteiger partial charge in [0.2, 0.25) is 5.88 Å². The smallest absolute Gasteiger partial charge is 0.227 e. The van der Waals surface area contributed by atoms with Crippen molar-refractivity contribution in [2.45, 2.75) is 33.6 Å². The van der Waals surface area contributed by atoms with Crippen molar-refractivity contribution in [1.29, 1.82) is 0 Å². The van der Waals surface area contributed by atoms with Crippen molar-refractivity contribution >= 4 is 5.82 Å². The van der Waals surface area contributed by atoms with E-state index in [1.165, 1.54) is 11.9 Å². The van der Waals surface area contributed by atoms with Gasteiger partial charge in [0.25, 0.3) is 0 Å². The zero-order valence-corrected chi connectivity index (χ0v) is 12.5. The predicted octanol–water partition coefficient (Wildman–Crippen LogP) is 4.13. The second-order valence-electron chi connectivity index (χ2n) is 5.01. The van der Waals surface area contributed by atoms with Gasteiger partial charge in [0, 0.05) is 6.54 Å². The summed E-state index contributed by atoms with van der Waals surface area (Å²) in [4.78, 5) is 8.43. The summed E-state index contributed by atoms with van der Waals surface area (Å²) in [5.74, 6) is 2.69. The molecule has 4 nitrogen and oxygen atoms in total. The highest BCUT2D eigenvalue weighted by Gasteiger charge is 2.09. The van der Waals surface area contributed by atoms with E-state index in [9.17, 15) is 0 Å². The summed E-state index contributed by atoms with van der Waals surface area (Å²) in [6, 6.07) is 8.11. The summed E-state index contributed by atoms with van der Waals surface area (Å²) >= 11 is 0. The van der Waals surface area contributed by atoms with Gasteiger partial charge in [0.1, 0.15) is 17.9 Å². The Morgan fingerprint density at radius 2 is 2.05 bits per heavy atom. The lowest BCUT2D eigenvalue weighted by Gasteiger charge is -2.12. The quantitative estimate of drug-likeness (QED) is 0.888. The summed E-state index contributed by atoms with van der Waals surface area (Å²) in [5.41, 5.74) is 2.17. The molecule has 0 saturated heterocycles. The van der Waals surface area contributed by atoms with Crippen molar-refractivity contribution in [3.05, 3.63) is 41.7 Å². The molecular weight excluding hydrogens is 250 g/mol. The number of nitrogens with one attached hydrogen (secondary N) is 1. The van der Waals surface area contributed by atoms with Crippen molar-refractivity contribution in [2.75, 3.05) is 11.9 Å². The Morgan fingerprint density at radius 3 is 2.75 bits per heavy atom. The van der Waals surface area contributed by atoms with Crippen LogP contribution in [0.15, 0.2) is 30.6 Å². The van der Waals surface area contributed by atoms with Crippen LogP contribution in [0.1, 0.15) is 37.8 Å². The summed E-state index contributed by atoms with van der Waals surface area (Å²) < 4.78 is 5.90. The SMILES string of the molecule is CCNc1ncnc(Oc2cccc(C(C)C)c2)c1C. The van der Waals surface area contributed by atoms with Gasteiger partial charge in [-0.25, -0.2) is 9.97 Å². The van der Waals surface area contributed by atoms with Gasteiger partial charge in [-0.15, -0.1) is 0 Å². The molecule has 0 bridgehead atoms. The second-order valence-corrected chi connectivity index (χ2v) is 5.01. The molecule has 0 aliphatic rings. The normalized spacial score (nSPS) is 10.7. The lowest BCUT2D eigenvalue weighted by atomic mass is 10.0. The van der Waals surface area contributed by atoms with Gasteiger partial charge in [0.15, 0.2) is 0 Å². The van der Waals surface area contributed by atoms with Gasteiger partial charge in [0.05, 0.1) is 5.56 Å². The van der Waals surface area contributed by atoms with E-state index in [-0.39, 0.29) is 0 Å². The molecule has 0 saturated carbocycles.